The molecule has 0 fully saturated rings. The number of nitrogens with one attached hydrogen (secondary N) is 1. The van der Waals surface area contributed by atoms with Gasteiger partial charge in [0.15, 0.2) is 0 Å². The molecule has 6 heteroatoms. The van der Waals surface area contributed by atoms with Crippen LogP contribution in [0.4, 0.5) is 11.5 Å². The Hall–Kier alpha value is -2.86. The van der Waals surface area contributed by atoms with Crippen molar-refractivity contribution in [1.29, 1.82) is 0 Å². The number of benzene rings is 1. The predicted octanol–water partition coefficient (Wildman–Crippen LogP) is 3.72. The fraction of sp³-hybridized carbons (Fsp3) is 0.300. The van der Waals surface area contributed by atoms with Crippen molar-refractivity contribution in [3.63, 3.8) is 0 Å². The Labute approximate surface area is 154 Å². The number of carbonyl (C=O) groups is 1. The first kappa shape index (κ1) is 19.5. The molecular weight excluding hydrogens is 330 g/mol. The van der Waals surface area contributed by atoms with Crippen molar-refractivity contribution in [1.82, 2.24) is 4.98 Å². The highest BCUT2D eigenvalue weighted by atomic mass is 16.5. The van der Waals surface area contributed by atoms with Gasteiger partial charge in [0.2, 0.25) is 0 Å². The van der Waals surface area contributed by atoms with Crippen molar-refractivity contribution in [2.75, 3.05) is 24.8 Å². The molecule has 0 spiro atoms. The average molecular weight is 355 g/mol. The van der Waals surface area contributed by atoms with Crippen LogP contribution >= 0.6 is 0 Å². The van der Waals surface area contributed by atoms with Gasteiger partial charge in [-0.1, -0.05) is 12.1 Å². The molecule has 1 aromatic heterocycles. The van der Waals surface area contributed by atoms with E-state index in [0.717, 1.165) is 24.1 Å². The quantitative estimate of drug-likeness (QED) is 0.529. The number of anilines is 2. The number of allylic oxidation sites excluding steroid dienone is 1. The van der Waals surface area contributed by atoms with Gasteiger partial charge < -0.3 is 20.5 Å². The summed E-state index contributed by atoms with van der Waals surface area (Å²) in [5, 5.41) is 2.83. The Morgan fingerprint density at radius 3 is 2.92 bits per heavy atom. The maximum atomic E-state index is 12.6. The molecular formula is C20H25N3O3. The van der Waals surface area contributed by atoms with Gasteiger partial charge in [0.1, 0.15) is 11.6 Å². The highest BCUT2D eigenvalue weighted by Crippen LogP contribution is 2.21. The van der Waals surface area contributed by atoms with Crippen molar-refractivity contribution < 1.29 is 14.3 Å². The van der Waals surface area contributed by atoms with Crippen LogP contribution in [-0.2, 0) is 11.3 Å². The van der Waals surface area contributed by atoms with Crippen LogP contribution in [0.15, 0.2) is 43.0 Å². The van der Waals surface area contributed by atoms with Crippen molar-refractivity contribution >= 4 is 17.4 Å². The molecule has 0 bridgehead atoms. The van der Waals surface area contributed by atoms with Gasteiger partial charge in [-0.3, -0.25) is 4.79 Å². The van der Waals surface area contributed by atoms with E-state index < -0.39 is 0 Å². The van der Waals surface area contributed by atoms with E-state index in [1.54, 1.807) is 25.3 Å². The third-order valence-corrected chi connectivity index (χ3v) is 3.79. The summed E-state index contributed by atoms with van der Waals surface area (Å²) in [6.45, 7) is 6.50. The first-order chi connectivity index (χ1) is 12.5. The molecule has 2 aromatic rings. The van der Waals surface area contributed by atoms with Crippen LogP contribution in [0.3, 0.4) is 0 Å². The first-order valence-electron chi connectivity index (χ1n) is 8.45. The number of amides is 1. The molecule has 0 aliphatic heterocycles. The van der Waals surface area contributed by atoms with Crippen molar-refractivity contribution in [3.8, 4) is 5.75 Å². The lowest BCUT2D eigenvalue weighted by molar-refractivity contribution is 0.102. The molecule has 138 valence electrons. The molecule has 0 radical (unpaired) electrons. The minimum Gasteiger partial charge on any atom is -0.494 e. The third kappa shape index (κ3) is 5.32. The Bertz CT molecular complexity index is 775. The lowest BCUT2D eigenvalue weighted by atomic mass is 10.1. The molecule has 1 heterocycles. The number of nitrogens with two attached hydrogens (primary N) is 1. The molecule has 3 N–H and O–H groups in total. The second-order valence-electron chi connectivity index (χ2n) is 5.88. The molecule has 2 rings (SSSR count). The lowest BCUT2D eigenvalue weighted by Crippen LogP contribution is -2.16. The van der Waals surface area contributed by atoms with Gasteiger partial charge in [-0.05, 0) is 43.5 Å². The number of hydrogen-bond acceptors (Lipinski definition) is 5. The van der Waals surface area contributed by atoms with Crippen LogP contribution in [0.1, 0.15) is 34.5 Å². The zero-order chi connectivity index (χ0) is 18.9. The van der Waals surface area contributed by atoms with E-state index in [9.17, 15) is 4.79 Å². The molecule has 6 nitrogen and oxygen atoms in total. The zero-order valence-electron chi connectivity index (χ0n) is 15.2. The summed E-state index contributed by atoms with van der Waals surface area (Å²) in [4.78, 5) is 16.8. The van der Waals surface area contributed by atoms with Crippen LogP contribution in [0, 0.1) is 6.92 Å². The normalized spacial score (nSPS) is 10.4. The summed E-state index contributed by atoms with van der Waals surface area (Å²) in [5.74, 6) is 0.562. The number of pyridine rings is 1. The average Bonchev–Trinajstić information content (AvgIpc) is 2.62. The Kier molecular flexibility index (Phi) is 7.17. The summed E-state index contributed by atoms with van der Waals surface area (Å²) < 4.78 is 10.8. The van der Waals surface area contributed by atoms with Crippen LogP contribution in [-0.4, -0.2) is 24.6 Å². The molecule has 26 heavy (non-hydrogen) atoms. The summed E-state index contributed by atoms with van der Waals surface area (Å²) in [6, 6.07) is 8.98. The molecule has 0 aliphatic carbocycles. The van der Waals surface area contributed by atoms with Gasteiger partial charge >= 0.3 is 0 Å². The number of ether oxygens (including phenoxy) is 2. The number of nitrogens with zero attached hydrogens (tertiary/aromatic N) is 1. The maximum absolute atomic E-state index is 12.6. The summed E-state index contributed by atoms with van der Waals surface area (Å²) >= 11 is 0. The fourth-order valence-corrected chi connectivity index (χ4v) is 2.41. The highest BCUT2D eigenvalue weighted by Gasteiger charge is 2.14. The second kappa shape index (κ2) is 9.58. The van der Waals surface area contributed by atoms with Crippen molar-refractivity contribution in [3.05, 3.63) is 59.8 Å². The molecule has 0 saturated carbocycles. The maximum Gasteiger partial charge on any atom is 0.259 e. The topological polar surface area (TPSA) is 86.5 Å². The van der Waals surface area contributed by atoms with Gasteiger partial charge in [-0.15, -0.1) is 6.58 Å². The van der Waals surface area contributed by atoms with Gasteiger partial charge in [-0.25, -0.2) is 4.98 Å². The van der Waals surface area contributed by atoms with Gasteiger partial charge in [0.25, 0.3) is 5.91 Å². The molecule has 0 atom stereocenters. The fourth-order valence-electron chi connectivity index (χ4n) is 2.41. The number of unbranched alkanes of at least 4 members (excludes halogenated alkanes) is 1. The van der Waals surface area contributed by atoms with Crippen LogP contribution < -0.4 is 15.8 Å². The number of nitrogen functional groups attached to an aromatic ring is 1. The van der Waals surface area contributed by atoms with Crippen LogP contribution in [0.25, 0.3) is 0 Å². The largest absolute Gasteiger partial charge is 0.494 e. The van der Waals surface area contributed by atoms with E-state index >= 15 is 0 Å². The number of rotatable bonds is 9. The molecule has 0 saturated heterocycles. The second-order valence-corrected chi connectivity index (χ2v) is 5.88. The predicted molar refractivity (Wildman–Crippen MR) is 103 cm³/mol. The van der Waals surface area contributed by atoms with E-state index in [1.807, 2.05) is 25.1 Å². The highest BCUT2D eigenvalue weighted by molar-refractivity contribution is 6.07. The SMILES string of the molecule is C=CCCCOc1cccc(NC(=O)c2cc(C)c(COC)nc2N)c1. The minimum absolute atomic E-state index is 0.178. The van der Waals surface area contributed by atoms with Gasteiger partial charge in [0, 0.05) is 18.9 Å². The van der Waals surface area contributed by atoms with E-state index in [0.29, 0.717) is 30.2 Å². The summed E-state index contributed by atoms with van der Waals surface area (Å²) in [5.41, 5.74) is 8.48. The van der Waals surface area contributed by atoms with E-state index in [4.69, 9.17) is 15.2 Å². The first-order valence-corrected chi connectivity index (χ1v) is 8.45. The lowest BCUT2D eigenvalue weighted by Gasteiger charge is -2.12. The number of aromatic nitrogens is 1. The Balaban J connectivity index is 2.07. The Morgan fingerprint density at radius 2 is 2.19 bits per heavy atom. The van der Waals surface area contributed by atoms with Crippen LogP contribution in [0.5, 0.6) is 5.75 Å². The Morgan fingerprint density at radius 1 is 1.38 bits per heavy atom. The van der Waals surface area contributed by atoms with Crippen molar-refractivity contribution in [2.24, 2.45) is 0 Å². The number of aryl methyl sites for hydroxylation is 1. The third-order valence-electron chi connectivity index (χ3n) is 3.79. The molecule has 0 aliphatic rings. The van der Waals surface area contributed by atoms with E-state index in [1.165, 1.54) is 0 Å². The summed E-state index contributed by atoms with van der Waals surface area (Å²) in [6.07, 6.45) is 3.66. The van der Waals surface area contributed by atoms with Crippen LogP contribution in [0.2, 0.25) is 0 Å². The number of hydrogen-bond donors (Lipinski definition) is 2. The van der Waals surface area contributed by atoms with E-state index in [2.05, 4.69) is 16.9 Å². The van der Waals surface area contributed by atoms with Crippen molar-refractivity contribution in [2.45, 2.75) is 26.4 Å². The molecule has 0 unspecified atom stereocenters. The molecule has 1 aromatic carbocycles. The monoisotopic (exact) mass is 355 g/mol. The standard InChI is InChI=1S/C20H25N3O3/c1-4-5-6-10-26-16-9-7-8-15(12-16)22-20(24)17-11-14(2)18(13-25-3)23-19(17)21/h4,7-9,11-12H,1,5-6,10,13H2,2-3H3,(H2,21,23)(H,22,24). The molecule has 1 amide bonds. The van der Waals surface area contributed by atoms with Gasteiger partial charge in [-0.2, -0.15) is 0 Å². The zero-order valence-corrected chi connectivity index (χ0v) is 15.2. The van der Waals surface area contributed by atoms with E-state index in [-0.39, 0.29) is 11.7 Å². The smallest absolute Gasteiger partial charge is 0.259 e. The van der Waals surface area contributed by atoms with Gasteiger partial charge in [0.05, 0.1) is 24.5 Å². The summed E-state index contributed by atoms with van der Waals surface area (Å²) in [7, 11) is 1.59. The number of carbonyl (C=O) groups excluding carboxylic acids is 1. The number of methoxy groups -OCH3 is 1. The minimum atomic E-state index is -0.314.